The second-order valence-electron chi connectivity index (χ2n) is 6.96. The van der Waals surface area contributed by atoms with Gasteiger partial charge in [-0.05, 0) is 18.4 Å². The number of nitrogens with one attached hydrogen (secondary N) is 3. The Morgan fingerprint density at radius 3 is 2.81 bits per heavy atom. The van der Waals surface area contributed by atoms with Crippen LogP contribution >= 0.6 is 0 Å². The van der Waals surface area contributed by atoms with Crippen molar-refractivity contribution in [1.82, 2.24) is 20.4 Å². The second kappa shape index (κ2) is 7.50. The van der Waals surface area contributed by atoms with E-state index < -0.39 is 6.29 Å². The Morgan fingerprint density at radius 1 is 1.33 bits per heavy atom. The third kappa shape index (κ3) is 4.01. The van der Waals surface area contributed by atoms with Gasteiger partial charge in [-0.15, -0.1) is 0 Å². The molecule has 4 rings (SSSR count). The van der Waals surface area contributed by atoms with Gasteiger partial charge in [0.15, 0.2) is 6.29 Å². The smallest absolute Gasteiger partial charge is 0.251 e. The van der Waals surface area contributed by atoms with Crippen LogP contribution in [-0.4, -0.2) is 35.3 Å². The minimum Gasteiger partial charge on any atom is -0.375 e. The van der Waals surface area contributed by atoms with Gasteiger partial charge in [0.05, 0.1) is 5.69 Å². The average Bonchev–Trinajstić information content (AvgIpc) is 3.43. The highest BCUT2D eigenvalue weighted by molar-refractivity contribution is 5.91. The number of hydrogen-bond acceptors (Lipinski definition) is 5. The molecule has 2 amide bonds. The summed E-state index contributed by atoms with van der Waals surface area (Å²) in [4.78, 5) is 24.3. The van der Waals surface area contributed by atoms with E-state index in [1.54, 1.807) is 4.68 Å². The summed E-state index contributed by atoms with van der Waals surface area (Å²) in [6.07, 6.45) is 2.00. The molecule has 2 atom stereocenters. The predicted molar refractivity (Wildman–Crippen MR) is 98.8 cm³/mol. The molecule has 1 saturated heterocycles. The lowest BCUT2D eigenvalue weighted by atomic mass is 10.0. The Labute approximate surface area is 157 Å². The van der Waals surface area contributed by atoms with Crippen molar-refractivity contribution in [2.75, 3.05) is 19.0 Å². The fraction of sp³-hybridized carbons (Fsp3) is 0.421. The Balaban J connectivity index is 1.60. The first-order chi connectivity index (χ1) is 13.1. The molecule has 1 aliphatic carbocycles. The van der Waals surface area contributed by atoms with E-state index in [9.17, 15) is 9.59 Å². The maximum absolute atomic E-state index is 12.3. The second-order valence-corrected chi connectivity index (χ2v) is 6.96. The maximum atomic E-state index is 12.3. The molecule has 142 valence electrons. The Kier molecular flexibility index (Phi) is 4.91. The van der Waals surface area contributed by atoms with Crippen LogP contribution < -0.4 is 16.0 Å². The van der Waals surface area contributed by atoms with Crippen molar-refractivity contribution in [2.24, 2.45) is 0 Å². The highest BCUT2D eigenvalue weighted by atomic mass is 16.5. The molecule has 1 aromatic carbocycles. The molecular weight excluding hydrogens is 346 g/mol. The van der Waals surface area contributed by atoms with Gasteiger partial charge in [0.1, 0.15) is 12.4 Å². The summed E-state index contributed by atoms with van der Waals surface area (Å²) in [5.74, 6) is 0.645. The van der Waals surface area contributed by atoms with Crippen molar-refractivity contribution in [2.45, 2.75) is 37.5 Å². The predicted octanol–water partition coefficient (Wildman–Crippen LogP) is 1.65. The SMILES string of the molecule is COCC(=O)Nc1cc(C2CC2)nn1C1NC(=O)CC(c2ccccc2)N1. The van der Waals surface area contributed by atoms with Gasteiger partial charge in [0, 0.05) is 31.6 Å². The van der Waals surface area contributed by atoms with Crippen molar-refractivity contribution in [3.63, 3.8) is 0 Å². The number of carbonyl (C=O) groups is 2. The number of benzene rings is 1. The molecule has 8 nitrogen and oxygen atoms in total. The van der Waals surface area contributed by atoms with Gasteiger partial charge in [-0.25, -0.2) is 4.68 Å². The summed E-state index contributed by atoms with van der Waals surface area (Å²) in [6.45, 7) is -0.0406. The summed E-state index contributed by atoms with van der Waals surface area (Å²) in [5, 5.41) is 13.8. The van der Waals surface area contributed by atoms with Crippen molar-refractivity contribution in [3.8, 4) is 0 Å². The van der Waals surface area contributed by atoms with Crippen LogP contribution in [0, 0.1) is 0 Å². The lowest BCUT2D eigenvalue weighted by Gasteiger charge is -2.32. The molecule has 8 heteroatoms. The van der Waals surface area contributed by atoms with Gasteiger partial charge in [-0.1, -0.05) is 30.3 Å². The zero-order valence-electron chi connectivity index (χ0n) is 15.1. The number of anilines is 1. The fourth-order valence-electron chi connectivity index (χ4n) is 3.31. The molecule has 2 fully saturated rings. The normalized spacial score (nSPS) is 22.3. The van der Waals surface area contributed by atoms with Crippen LogP contribution in [0.15, 0.2) is 36.4 Å². The first-order valence-electron chi connectivity index (χ1n) is 9.12. The van der Waals surface area contributed by atoms with E-state index in [1.807, 2.05) is 36.4 Å². The van der Waals surface area contributed by atoms with Crippen LogP contribution in [0.4, 0.5) is 5.82 Å². The summed E-state index contributed by atoms with van der Waals surface area (Å²) < 4.78 is 6.54. The van der Waals surface area contributed by atoms with Gasteiger partial charge < -0.3 is 15.4 Å². The van der Waals surface area contributed by atoms with E-state index in [4.69, 9.17) is 4.74 Å². The third-order valence-corrected chi connectivity index (χ3v) is 4.79. The highest BCUT2D eigenvalue weighted by Gasteiger charge is 2.33. The number of nitrogens with zero attached hydrogens (tertiary/aromatic N) is 2. The topological polar surface area (TPSA) is 97.3 Å². The molecule has 2 unspecified atom stereocenters. The number of hydrogen-bond donors (Lipinski definition) is 3. The zero-order chi connectivity index (χ0) is 18.8. The Morgan fingerprint density at radius 2 is 2.11 bits per heavy atom. The first-order valence-corrected chi connectivity index (χ1v) is 9.12. The molecule has 1 aliphatic heterocycles. The van der Waals surface area contributed by atoms with E-state index in [-0.39, 0.29) is 24.5 Å². The van der Waals surface area contributed by atoms with Crippen molar-refractivity contribution >= 4 is 17.6 Å². The highest BCUT2D eigenvalue weighted by Crippen LogP contribution is 2.40. The number of rotatable bonds is 6. The number of ether oxygens (including phenoxy) is 1. The van der Waals surface area contributed by atoms with E-state index in [0.717, 1.165) is 24.1 Å². The lowest BCUT2D eigenvalue weighted by Crippen LogP contribution is -2.50. The minimum absolute atomic E-state index is 0.0406. The lowest BCUT2D eigenvalue weighted by molar-refractivity contribution is -0.125. The van der Waals surface area contributed by atoms with Crippen LogP contribution in [0.1, 0.15) is 48.8 Å². The summed E-state index contributed by atoms with van der Waals surface area (Å²) in [6, 6.07) is 11.6. The summed E-state index contributed by atoms with van der Waals surface area (Å²) in [5.41, 5.74) is 1.97. The monoisotopic (exact) mass is 369 g/mol. The minimum atomic E-state index is -0.540. The fourth-order valence-corrected chi connectivity index (χ4v) is 3.31. The van der Waals surface area contributed by atoms with Gasteiger partial charge in [0.2, 0.25) is 5.91 Å². The number of methoxy groups -OCH3 is 1. The summed E-state index contributed by atoms with van der Waals surface area (Å²) >= 11 is 0. The average molecular weight is 369 g/mol. The molecule has 2 aromatic rings. The molecule has 0 bridgehead atoms. The third-order valence-electron chi connectivity index (χ3n) is 4.79. The van der Waals surface area contributed by atoms with Crippen molar-refractivity contribution < 1.29 is 14.3 Å². The van der Waals surface area contributed by atoms with Gasteiger partial charge in [-0.2, -0.15) is 5.10 Å². The van der Waals surface area contributed by atoms with Gasteiger partial charge in [0.25, 0.3) is 5.91 Å². The molecule has 1 saturated carbocycles. The zero-order valence-corrected chi connectivity index (χ0v) is 15.1. The van der Waals surface area contributed by atoms with E-state index >= 15 is 0 Å². The summed E-state index contributed by atoms with van der Waals surface area (Å²) in [7, 11) is 1.47. The van der Waals surface area contributed by atoms with Crippen LogP contribution in [0.3, 0.4) is 0 Å². The molecule has 0 radical (unpaired) electrons. The number of amides is 2. The molecule has 2 heterocycles. The first kappa shape index (κ1) is 17.7. The standard InChI is InChI=1S/C19H23N5O3/c1-27-11-18(26)21-16-9-15(13-7-8-13)23-24(16)19-20-14(10-17(25)22-19)12-5-3-2-4-6-12/h2-6,9,13-14,19-20H,7-8,10-11H2,1H3,(H,21,26)(H,22,25). The van der Waals surface area contributed by atoms with Crippen molar-refractivity contribution in [1.29, 1.82) is 0 Å². The Bertz CT molecular complexity index is 831. The van der Waals surface area contributed by atoms with Crippen LogP contribution in [0.25, 0.3) is 0 Å². The molecule has 3 N–H and O–H groups in total. The molecule has 2 aliphatic rings. The number of carbonyl (C=O) groups excluding carboxylic acids is 2. The van der Waals surface area contributed by atoms with E-state index in [2.05, 4.69) is 21.0 Å². The van der Waals surface area contributed by atoms with Crippen LogP contribution in [-0.2, 0) is 14.3 Å². The maximum Gasteiger partial charge on any atom is 0.251 e. The van der Waals surface area contributed by atoms with Crippen molar-refractivity contribution in [3.05, 3.63) is 47.7 Å². The van der Waals surface area contributed by atoms with E-state index in [1.165, 1.54) is 7.11 Å². The van der Waals surface area contributed by atoms with Gasteiger partial charge in [-0.3, -0.25) is 14.9 Å². The van der Waals surface area contributed by atoms with Crippen LogP contribution in [0.5, 0.6) is 0 Å². The van der Waals surface area contributed by atoms with Crippen LogP contribution in [0.2, 0.25) is 0 Å². The molecule has 0 spiro atoms. The molecule has 1 aromatic heterocycles. The van der Waals surface area contributed by atoms with E-state index in [0.29, 0.717) is 18.2 Å². The van der Waals surface area contributed by atoms with Gasteiger partial charge >= 0.3 is 0 Å². The quantitative estimate of drug-likeness (QED) is 0.719. The Hall–Kier alpha value is -2.71. The number of aromatic nitrogens is 2. The largest absolute Gasteiger partial charge is 0.375 e. The molecule has 27 heavy (non-hydrogen) atoms. The molecular formula is C19H23N5O3.